The summed E-state index contributed by atoms with van der Waals surface area (Å²) in [5, 5.41) is 13.0. The van der Waals surface area contributed by atoms with E-state index in [1.807, 2.05) is 0 Å². The molecule has 3 N–H and O–H groups in total. The van der Waals surface area contributed by atoms with Crippen molar-refractivity contribution in [3.63, 3.8) is 0 Å². The zero-order chi connectivity index (χ0) is 14.7. The Morgan fingerprint density at radius 2 is 2.14 bits per heavy atom. The fraction of sp³-hybridized carbons (Fsp3) is 0.0833. The van der Waals surface area contributed by atoms with E-state index in [-0.39, 0.29) is 24.5 Å². The predicted octanol–water partition coefficient (Wildman–Crippen LogP) is 0.319. The lowest BCUT2D eigenvalue weighted by Crippen LogP contribution is -2.08. The van der Waals surface area contributed by atoms with Gasteiger partial charge in [0.15, 0.2) is 0 Å². The number of nitrogen functional groups attached to an aromatic ring is 1. The lowest BCUT2D eigenvalue weighted by molar-refractivity contribution is 0.281. The molecule has 106 valence electrons. The molecule has 9 nitrogen and oxygen atoms in total. The van der Waals surface area contributed by atoms with Crippen molar-refractivity contribution in [3.8, 4) is 17.7 Å². The van der Waals surface area contributed by atoms with Crippen LogP contribution in [0.2, 0.25) is 0 Å². The molecule has 0 atom stereocenters. The maximum absolute atomic E-state index is 9.11. The monoisotopic (exact) mass is 285 g/mol. The first-order valence-electron chi connectivity index (χ1n) is 5.99. The number of anilines is 1. The quantitative estimate of drug-likeness (QED) is 0.702. The molecule has 2 heterocycles. The molecule has 3 rings (SSSR count). The van der Waals surface area contributed by atoms with Gasteiger partial charge in [0.2, 0.25) is 5.95 Å². The molecule has 0 bridgehead atoms. The number of nitrogens with zero attached hydrogens (tertiary/aromatic N) is 6. The SMILES string of the molecule is Nc1nc(Oc2cccc(CO)c2)nc(-n2cncn2)n1. The lowest BCUT2D eigenvalue weighted by Gasteiger charge is -2.06. The third-order valence-electron chi connectivity index (χ3n) is 2.53. The Morgan fingerprint density at radius 3 is 2.90 bits per heavy atom. The summed E-state index contributed by atoms with van der Waals surface area (Å²) in [6.45, 7) is -0.0826. The summed E-state index contributed by atoms with van der Waals surface area (Å²) in [5.41, 5.74) is 6.35. The molecule has 9 heteroatoms. The Hall–Kier alpha value is -3.07. The zero-order valence-corrected chi connectivity index (χ0v) is 10.8. The Morgan fingerprint density at radius 1 is 1.24 bits per heavy atom. The van der Waals surface area contributed by atoms with Crippen molar-refractivity contribution >= 4 is 5.95 Å². The molecule has 0 aliphatic carbocycles. The van der Waals surface area contributed by atoms with Gasteiger partial charge in [0.1, 0.15) is 18.4 Å². The maximum atomic E-state index is 9.11. The summed E-state index contributed by atoms with van der Waals surface area (Å²) in [5.74, 6) is 0.689. The van der Waals surface area contributed by atoms with Gasteiger partial charge < -0.3 is 15.6 Å². The van der Waals surface area contributed by atoms with Gasteiger partial charge in [0, 0.05) is 0 Å². The highest BCUT2D eigenvalue weighted by molar-refractivity contribution is 5.32. The highest BCUT2D eigenvalue weighted by atomic mass is 16.5. The van der Waals surface area contributed by atoms with Crippen LogP contribution in [0.3, 0.4) is 0 Å². The Kier molecular flexibility index (Phi) is 3.39. The number of hydrogen-bond acceptors (Lipinski definition) is 8. The van der Waals surface area contributed by atoms with E-state index in [1.54, 1.807) is 24.3 Å². The fourth-order valence-corrected chi connectivity index (χ4v) is 1.63. The van der Waals surface area contributed by atoms with Gasteiger partial charge in [-0.25, -0.2) is 4.98 Å². The van der Waals surface area contributed by atoms with Crippen LogP contribution >= 0.6 is 0 Å². The summed E-state index contributed by atoms with van der Waals surface area (Å²) in [6, 6.07) is 6.95. The molecular weight excluding hydrogens is 274 g/mol. The second-order valence-corrected chi connectivity index (χ2v) is 4.02. The molecule has 1 aromatic carbocycles. The van der Waals surface area contributed by atoms with Crippen LogP contribution in [0.5, 0.6) is 11.8 Å². The van der Waals surface area contributed by atoms with E-state index >= 15 is 0 Å². The van der Waals surface area contributed by atoms with Crippen LogP contribution in [-0.2, 0) is 6.61 Å². The summed E-state index contributed by atoms with van der Waals surface area (Å²) in [4.78, 5) is 15.8. The standard InChI is InChI=1S/C12H11N7O2/c13-10-16-11(19-7-14-6-15-19)18-12(17-10)21-9-3-1-2-8(4-9)5-20/h1-4,6-7,20H,5H2,(H2,13,16,17,18). The lowest BCUT2D eigenvalue weighted by atomic mass is 10.2. The van der Waals surface area contributed by atoms with Crippen molar-refractivity contribution in [3.05, 3.63) is 42.5 Å². The molecule has 0 unspecified atom stereocenters. The molecule has 0 saturated heterocycles. The van der Waals surface area contributed by atoms with Crippen molar-refractivity contribution in [1.29, 1.82) is 0 Å². The Bertz CT molecular complexity index is 745. The number of aliphatic hydroxyl groups is 1. The Labute approximate surface area is 119 Å². The van der Waals surface area contributed by atoms with Crippen molar-refractivity contribution < 1.29 is 9.84 Å². The van der Waals surface area contributed by atoms with Crippen molar-refractivity contribution in [1.82, 2.24) is 29.7 Å². The van der Waals surface area contributed by atoms with Gasteiger partial charge in [-0.2, -0.15) is 24.7 Å². The number of nitrogens with two attached hydrogens (primary N) is 1. The van der Waals surface area contributed by atoms with E-state index in [2.05, 4.69) is 25.0 Å². The minimum Gasteiger partial charge on any atom is -0.424 e. The number of aromatic nitrogens is 6. The first kappa shape index (κ1) is 12.9. The molecule has 0 radical (unpaired) electrons. The second-order valence-electron chi connectivity index (χ2n) is 4.02. The van der Waals surface area contributed by atoms with Crippen LogP contribution in [0.25, 0.3) is 5.95 Å². The summed E-state index contributed by atoms with van der Waals surface area (Å²) in [7, 11) is 0. The van der Waals surface area contributed by atoms with Crippen LogP contribution in [0.1, 0.15) is 5.56 Å². The van der Waals surface area contributed by atoms with Crippen LogP contribution in [0.15, 0.2) is 36.9 Å². The topological polar surface area (TPSA) is 125 Å². The average molecular weight is 285 g/mol. The summed E-state index contributed by atoms with van der Waals surface area (Å²) >= 11 is 0. The van der Waals surface area contributed by atoms with Gasteiger partial charge in [-0.15, -0.1) is 0 Å². The molecule has 0 aliphatic heterocycles. The van der Waals surface area contributed by atoms with Crippen LogP contribution in [-0.4, -0.2) is 34.8 Å². The predicted molar refractivity (Wildman–Crippen MR) is 71.6 cm³/mol. The average Bonchev–Trinajstić information content (AvgIpc) is 3.01. The second kappa shape index (κ2) is 5.51. The number of benzene rings is 1. The summed E-state index contributed by atoms with van der Waals surface area (Å²) < 4.78 is 6.87. The maximum Gasteiger partial charge on any atom is 0.328 e. The van der Waals surface area contributed by atoms with Gasteiger partial charge in [-0.3, -0.25) is 0 Å². The van der Waals surface area contributed by atoms with Crippen molar-refractivity contribution in [2.24, 2.45) is 0 Å². The van der Waals surface area contributed by atoms with Gasteiger partial charge in [0.25, 0.3) is 5.95 Å². The number of hydrogen-bond donors (Lipinski definition) is 2. The van der Waals surface area contributed by atoms with E-state index in [0.717, 1.165) is 0 Å². The number of rotatable bonds is 4. The van der Waals surface area contributed by atoms with Gasteiger partial charge in [-0.05, 0) is 17.7 Å². The normalized spacial score (nSPS) is 10.5. The highest BCUT2D eigenvalue weighted by Gasteiger charge is 2.09. The van der Waals surface area contributed by atoms with E-state index in [9.17, 15) is 0 Å². The largest absolute Gasteiger partial charge is 0.424 e. The summed E-state index contributed by atoms with van der Waals surface area (Å²) in [6.07, 6.45) is 2.79. The van der Waals surface area contributed by atoms with E-state index < -0.39 is 0 Å². The zero-order valence-electron chi connectivity index (χ0n) is 10.8. The first-order valence-corrected chi connectivity index (χ1v) is 5.99. The number of aliphatic hydroxyl groups excluding tert-OH is 1. The smallest absolute Gasteiger partial charge is 0.328 e. The minimum absolute atomic E-state index is 0.00353. The molecule has 0 saturated carbocycles. The molecule has 2 aromatic heterocycles. The van der Waals surface area contributed by atoms with E-state index in [0.29, 0.717) is 11.3 Å². The molecular formula is C12H11N7O2. The third-order valence-corrected chi connectivity index (χ3v) is 2.53. The van der Waals surface area contributed by atoms with E-state index in [4.69, 9.17) is 15.6 Å². The fourth-order valence-electron chi connectivity index (χ4n) is 1.63. The molecule has 3 aromatic rings. The highest BCUT2D eigenvalue weighted by Crippen LogP contribution is 2.20. The third kappa shape index (κ3) is 2.92. The van der Waals surface area contributed by atoms with Crippen molar-refractivity contribution in [2.75, 3.05) is 5.73 Å². The molecule has 0 amide bonds. The van der Waals surface area contributed by atoms with Crippen LogP contribution in [0, 0.1) is 0 Å². The first-order chi connectivity index (χ1) is 10.2. The molecule has 0 spiro atoms. The van der Waals surface area contributed by atoms with Gasteiger partial charge in [0.05, 0.1) is 6.61 Å². The van der Waals surface area contributed by atoms with E-state index in [1.165, 1.54) is 17.3 Å². The molecule has 21 heavy (non-hydrogen) atoms. The van der Waals surface area contributed by atoms with Crippen LogP contribution < -0.4 is 10.5 Å². The van der Waals surface area contributed by atoms with Gasteiger partial charge in [-0.1, -0.05) is 12.1 Å². The minimum atomic E-state index is -0.0826. The molecule has 0 fully saturated rings. The number of ether oxygens (including phenoxy) is 1. The van der Waals surface area contributed by atoms with Crippen molar-refractivity contribution in [2.45, 2.75) is 6.61 Å². The van der Waals surface area contributed by atoms with Gasteiger partial charge >= 0.3 is 6.01 Å². The van der Waals surface area contributed by atoms with Crippen LogP contribution in [0.4, 0.5) is 5.95 Å². The Balaban J connectivity index is 1.91. The molecule has 0 aliphatic rings.